The van der Waals surface area contributed by atoms with Gasteiger partial charge in [-0.05, 0) is 37.7 Å². The molecule has 0 amide bonds. The molecular weight excluding hydrogens is 281 g/mol. The molecule has 2 nitrogen and oxygen atoms in total. The van der Waals surface area contributed by atoms with Gasteiger partial charge in [0.25, 0.3) is 0 Å². The molecule has 0 aromatic carbocycles. The molecule has 0 spiro atoms. The third-order valence-electron chi connectivity index (χ3n) is 3.38. The molecule has 1 aliphatic carbocycles. The molecule has 1 saturated carbocycles. The number of pyridine rings is 1. The number of hydrogen-bond donors (Lipinski definition) is 0. The Kier molecular flexibility index (Phi) is 6.86. The Morgan fingerprint density at radius 1 is 1.16 bits per heavy atom. The Morgan fingerprint density at radius 3 is 2.37 bits per heavy atom. The zero-order valence-electron chi connectivity index (χ0n) is 11.3. The van der Waals surface area contributed by atoms with Gasteiger partial charge in [-0.25, -0.2) is 0 Å². The maximum atomic E-state index is 12.6. The van der Waals surface area contributed by atoms with Crippen LogP contribution in [0.5, 0.6) is 5.75 Å². The van der Waals surface area contributed by atoms with Gasteiger partial charge in [-0.2, -0.15) is 0 Å². The molecule has 1 aromatic rings. The van der Waals surface area contributed by atoms with Crippen LogP contribution < -0.4 is 61.6 Å². The first-order valence-corrected chi connectivity index (χ1v) is 6.26. The van der Waals surface area contributed by atoms with Crippen molar-refractivity contribution in [2.24, 2.45) is 5.92 Å². The number of hydrogen-bond acceptors (Lipinski definition) is 2. The van der Waals surface area contributed by atoms with Crippen molar-refractivity contribution < 1.29 is 69.1 Å². The van der Waals surface area contributed by atoms with E-state index in [0.717, 1.165) is 37.9 Å². The molecule has 19 heavy (non-hydrogen) atoms. The number of aromatic nitrogens is 1. The fourth-order valence-corrected chi connectivity index (χ4v) is 2.22. The molecule has 100 valence electrons. The molecule has 0 radical (unpaired) electrons. The van der Waals surface area contributed by atoms with Gasteiger partial charge in [0.15, 0.2) is 0 Å². The predicted molar refractivity (Wildman–Crippen MR) is 65.0 cm³/mol. The first kappa shape index (κ1) is 17.5. The Hall–Kier alpha value is 0.441. The van der Waals surface area contributed by atoms with Crippen LogP contribution in [0, 0.1) is 5.92 Å². The standard InChI is InChI=1S/C12H16BF3NO.K/c1-9-2-4-11(5-3-9)18-12-6-10(7-17-8-12)13(14,15)16;/h6-9,11H,2-5H2,1H3;/q-1;+1. The quantitative estimate of drug-likeness (QED) is 0.738. The minimum absolute atomic E-state index is 0. The Balaban J connectivity index is 0.00000180. The molecule has 0 unspecified atom stereocenters. The van der Waals surface area contributed by atoms with Gasteiger partial charge in [0.1, 0.15) is 5.75 Å². The van der Waals surface area contributed by atoms with Crippen molar-refractivity contribution in [3.8, 4) is 5.75 Å². The van der Waals surface area contributed by atoms with Crippen LogP contribution in [0.4, 0.5) is 12.9 Å². The second-order valence-electron chi connectivity index (χ2n) is 5.03. The summed E-state index contributed by atoms with van der Waals surface area (Å²) in [4.78, 5) is 3.60. The smallest absolute Gasteiger partial charge is 0.489 e. The molecule has 0 atom stereocenters. The van der Waals surface area contributed by atoms with Crippen LogP contribution in [0.3, 0.4) is 0 Å². The largest absolute Gasteiger partial charge is 1.00 e. The van der Waals surface area contributed by atoms with Crippen LogP contribution in [0.1, 0.15) is 32.6 Å². The summed E-state index contributed by atoms with van der Waals surface area (Å²) in [5.74, 6) is 0.916. The van der Waals surface area contributed by atoms with Crippen LogP contribution in [-0.4, -0.2) is 18.1 Å². The van der Waals surface area contributed by atoms with Crippen molar-refractivity contribution >= 4 is 12.4 Å². The fraction of sp³-hybridized carbons (Fsp3) is 0.583. The minimum Gasteiger partial charge on any atom is -0.489 e. The Morgan fingerprint density at radius 2 is 1.79 bits per heavy atom. The molecule has 7 heteroatoms. The van der Waals surface area contributed by atoms with Crippen molar-refractivity contribution in [1.29, 1.82) is 0 Å². The normalized spacial score (nSPS) is 23.6. The van der Waals surface area contributed by atoms with Gasteiger partial charge >= 0.3 is 58.4 Å². The van der Waals surface area contributed by atoms with Gasteiger partial charge in [-0.15, -0.1) is 0 Å². The van der Waals surface area contributed by atoms with E-state index < -0.39 is 12.4 Å². The average Bonchev–Trinajstić information content (AvgIpc) is 2.31. The number of nitrogens with zero attached hydrogens (tertiary/aromatic N) is 1. The van der Waals surface area contributed by atoms with Crippen LogP contribution in [0.25, 0.3) is 0 Å². The van der Waals surface area contributed by atoms with Crippen molar-refractivity contribution in [2.45, 2.75) is 38.7 Å². The van der Waals surface area contributed by atoms with Crippen LogP contribution in [0.2, 0.25) is 0 Å². The molecule has 0 bridgehead atoms. The SMILES string of the molecule is CC1CCC(Oc2cncc([B-](F)(F)F)c2)CC1.[K+]. The van der Waals surface area contributed by atoms with E-state index in [0.29, 0.717) is 5.92 Å². The van der Waals surface area contributed by atoms with Crippen molar-refractivity contribution in [3.05, 3.63) is 18.5 Å². The molecule has 1 aliphatic rings. The van der Waals surface area contributed by atoms with E-state index >= 15 is 0 Å². The average molecular weight is 297 g/mol. The summed E-state index contributed by atoms with van der Waals surface area (Å²) in [6, 6.07) is 1.05. The van der Waals surface area contributed by atoms with Gasteiger partial charge in [-0.1, -0.05) is 12.4 Å². The predicted octanol–water partition coefficient (Wildman–Crippen LogP) is 0.0975. The van der Waals surface area contributed by atoms with Crippen LogP contribution in [-0.2, 0) is 0 Å². The second kappa shape index (κ2) is 7.45. The van der Waals surface area contributed by atoms with E-state index in [1.54, 1.807) is 0 Å². The molecule has 1 fully saturated rings. The summed E-state index contributed by atoms with van der Waals surface area (Å²) in [6.45, 7) is -2.82. The zero-order valence-corrected chi connectivity index (χ0v) is 14.4. The summed E-state index contributed by atoms with van der Waals surface area (Å²) in [6.07, 6.45) is 6.17. The number of halogens is 3. The topological polar surface area (TPSA) is 22.1 Å². The first-order valence-electron chi connectivity index (χ1n) is 6.26. The third-order valence-corrected chi connectivity index (χ3v) is 3.38. The summed E-state index contributed by atoms with van der Waals surface area (Å²) in [7, 11) is 0. The molecule has 0 aliphatic heterocycles. The van der Waals surface area contributed by atoms with Crippen LogP contribution in [0.15, 0.2) is 18.5 Å². The van der Waals surface area contributed by atoms with E-state index in [2.05, 4.69) is 11.9 Å². The summed E-state index contributed by atoms with van der Waals surface area (Å²) < 4.78 is 43.3. The Bertz CT molecular complexity index is 408. The second-order valence-corrected chi connectivity index (χ2v) is 5.03. The van der Waals surface area contributed by atoms with E-state index in [1.165, 1.54) is 6.20 Å². The van der Waals surface area contributed by atoms with E-state index in [1.807, 2.05) is 0 Å². The first-order chi connectivity index (χ1) is 8.45. The van der Waals surface area contributed by atoms with Crippen molar-refractivity contribution in [2.75, 3.05) is 0 Å². The molecule has 0 N–H and O–H groups in total. The minimum atomic E-state index is -5.00. The van der Waals surface area contributed by atoms with Crippen LogP contribution >= 0.6 is 0 Å². The van der Waals surface area contributed by atoms with Crippen molar-refractivity contribution in [3.63, 3.8) is 0 Å². The number of rotatable bonds is 3. The Labute approximate surface area is 154 Å². The van der Waals surface area contributed by atoms with Gasteiger partial charge < -0.3 is 17.7 Å². The summed E-state index contributed by atoms with van der Waals surface area (Å²) in [5, 5.41) is 0. The van der Waals surface area contributed by atoms with Gasteiger partial charge in [-0.3, -0.25) is 4.98 Å². The monoisotopic (exact) mass is 297 g/mol. The molecule has 0 saturated heterocycles. The fourth-order valence-electron chi connectivity index (χ4n) is 2.22. The van der Waals surface area contributed by atoms with Gasteiger partial charge in [0, 0.05) is 6.20 Å². The van der Waals surface area contributed by atoms with Gasteiger partial charge in [0.05, 0.1) is 12.3 Å². The van der Waals surface area contributed by atoms with Gasteiger partial charge in [0.2, 0.25) is 0 Å². The molecular formula is C12H16BF3KNO. The zero-order chi connectivity index (χ0) is 13.2. The third kappa shape index (κ3) is 5.38. The summed E-state index contributed by atoms with van der Waals surface area (Å²) >= 11 is 0. The summed E-state index contributed by atoms with van der Waals surface area (Å²) in [5.41, 5.74) is -0.698. The molecule has 2 rings (SSSR count). The van der Waals surface area contributed by atoms with E-state index in [9.17, 15) is 12.9 Å². The van der Waals surface area contributed by atoms with Crippen molar-refractivity contribution in [1.82, 2.24) is 4.98 Å². The number of ether oxygens (including phenoxy) is 1. The maximum absolute atomic E-state index is 12.6. The molecule has 1 aromatic heterocycles. The van der Waals surface area contributed by atoms with E-state index in [4.69, 9.17) is 4.74 Å². The van der Waals surface area contributed by atoms with E-state index in [-0.39, 0.29) is 63.2 Å². The maximum Gasteiger partial charge on any atom is 1.00 e. The molecule has 1 heterocycles.